The average molecular weight is 451 g/mol. The Hall–Kier alpha value is -2.25. The van der Waals surface area contributed by atoms with Crippen LogP contribution >= 0.6 is 0 Å². The van der Waals surface area contributed by atoms with Crippen molar-refractivity contribution in [1.82, 2.24) is 0 Å². The number of benzene rings is 1. The van der Waals surface area contributed by atoms with Crippen LogP contribution in [0.25, 0.3) is 0 Å². The predicted octanol–water partition coefficient (Wildman–Crippen LogP) is 4.86. The number of carbonyl (C=O) groups excluding carboxylic acids is 2. The molecular formula is C25H38O7. The molecule has 0 bridgehead atoms. The van der Waals surface area contributed by atoms with Crippen molar-refractivity contribution in [2.75, 3.05) is 33.0 Å². The van der Waals surface area contributed by atoms with E-state index >= 15 is 0 Å². The molecule has 0 fully saturated rings. The van der Waals surface area contributed by atoms with Crippen molar-refractivity contribution >= 4 is 17.5 Å². The van der Waals surface area contributed by atoms with Gasteiger partial charge in [-0.25, -0.2) is 4.79 Å². The molecular weight excluding hydrogens is 412 g/mol. The van der Waals surface area contributed by atoms with Gasteiger partial charge < -0.3 is 19.3 Å². The summed E-state index contributed by atoms with van der Waals surface area (Å²) in [6.45, 7) is 3.65. The monoisotopic (exact) mass is 450 g/mol. The Kier molecular flexibility index (Phi) is 15.9. The average Bonchev–Trinajstić information content (AvgIpc) is 2.77. The lowest BCUT2D eigenvalue weighted by Gasteiger charge is -2.06. The van der Waals surface area contributed by atoms with Gasteiger partial charge in [0.1, 0.15) is 18.1 Å². The molecule has 0 aromatic heterocycles. The molecule has 0 saturated heterocycles. The van der Waals surface area contributed by atoms with Gasteiger partial charge in [-0.2, -0.15) is 0 Å². The Bertz CT molecular complexity index is 655. The highest BCUT2D eigenvalue weighted by atomic mass is 16.5. The van der Waals surface area contributed by atoms with Crippen LogP contribution in [0.1, 0.15) is 81.5 Å². The zero-order valence-electron chi connectivity index (χ0n) is 19.3. The first-order valence-electron chi connectivity index (χ1n) is 11.6. The minimum atomic E-state index is -0.934. The highest BCUT2D eigenvalue weighted by Crippen LogP contribution is 2.14. The maximum Gasteiger partial charge on any atom is 0.335 e. The van der Waals surface area contributed by atoms with Gasteiger partial charge in [0.2, 0.25) is 0 Å². The second-order valence-electron chi connectivity index (χ2n) is 7.91. The number of Topliss-reactive ketones (excluding diaryl/α,β-unsaturated/α-hetero) is 2. The molecule has 7 heteroatoms. The molecule has 0 aliphatic heterocycles. The topological polar surface area (TPSA) is 99.1 Å². The number of carboxylic acids is 1. The van der Waals surface area contributed by atoms with Crippen molar-refractivity contribution in [3.8, 4) is 5.75 Å². The standard InChI is InChI=1S/C25H38O7/c1-21(26)20-31-19-18-30-16-9-11-23(27)10-7-5-3-2-4-6-8-17-32-24-14-12-22(13-15-24)25(28)29/h12-15H,2-11,16-20H2,1H3,(H,28,29). The summed E-state index contributed by atoms with van der Waals surface area (Å²) < 4.78 is 16.1. The summed E-state index contributed by atoms with van der Waals surface area (Å²) in [6.07, 6.45) is 9.53. The first kappa shape index (κ1) is 27.8. The predicted molar refractivity (Wildman–Crippen MR) is 122 cm³/mol. The fourth-order valence-corrected chi connectivity index (χ4v) is 3.12. The molecule has 1 aromatic rings. The molecule has 1 N–H and O–H groups in total. The van der Waals surface area contributed by atoms with Gasteiger partial charge in [0, 0.05) is 19.4 Å². The number of aromatic carboxylic acids is 1. The lowest BCUT2D eigenvalue weighted by molar-refractivity contribution is -0.122. The minimum absolute atomic E-state index is 0.00390. The maximum absolute atomic E-state index is 11.9. The van der Waals surface area contributed by atoms with Gasteiger partial charge in [0.15, 0.2) is 5.78 Å². The van der Waals surface area contributed by atoms with Crippen molar-refractivity contribution in [2.24, 2.45) is 0 Å². The van der Waals surface area contributed by atoms with Crippen LogP contribution in [-0.2, 0) is 19.1 Å². The van der Waals surface area contributed by atoms with Gasteiger partial charge in [-0.1, -0.05) is 32.1 Å². The number of ketones is 2. The molecule has 0 radical (unpaired) electrons. The van der Waals surface area contributed by atoms with E-state index in [0.717, 1.165) is 44.9 Å². The summed E-state index contributed by atoms with van der Waals surface area (Å²) in [5.74, 6) is 0.0696. The molecule has 1 rings (SSSR count). The van der Waals surface area contributed by atoms with Crippen LogP contribution in [-0.4, -0.2) is 55.7 Å². The van der Waals surface area contributed by atoms with Gasteiger partial charge in [-0.05, 0) is 50.5 Å². The van der Waals surface area contributed by atoms with E-state index in [0.29, 0.717) is 50.8 Å². The van der Waals surface area contributed by atoms with Crippen LogP contribution in [0.4, 0.5) is 0 Å². The molecule has 7 nitrogen and oxygen atoms in total. The Labute approximate surface area is 191 Å². The summed E-state index contributed by atoms with van der Waals surface area (Å²) >= 11 is 0. The second-order valence-corrected chi connectivity index (χ2v) is 7.91. The molecule has 0 saturated carbocycles. The second kappa shape index (κ2) is 18.3. The quantitative estimate of drug-likeness (QED) is 0.267. The fraction of sp³-hybridized carbons (Fsp3) is 0.640. The van der Waals surface area contributed by atoms with E-state index in [9.17, 15) is 14.4 Å². The lowest BCUT2D eigenvalue weighted by atomic mass is 10.1. The number of rotatable bonds is 21. The van der Waals surface area contributed by atoms with Crippen molar-refractivity contribution in [3.63, 3.8) is 0 Å². The number of hydrogen-bond donors (Lipinski definition) is 1. The smallest absolute Gasteiger partial charge is 0.335 e. The Morgan fingerprint density at radius 2 is 1.31 bits per heavy atom. The van der Waals surface area contributed by atoms with Gasteiger partial charge in [-0.3, -0.25) is 9.59 Å². The van der Waals surface area contributed by atoms with Crippen molar-refractivity contribution < 1.29 is 33.7 Å². The molecule has 0 unspecified atom stereocenters. The first-order chi connectivity index (χ1) is 15.5. The SMILES string of the molecule is CC(=O)COCCOCCCC(=O)CCCCCCCCCOc1ccc(C(=O)O)cc1. The van der Waals surface area contributed by atoms with E-state index in [-0.39, 0.29) is 18.0 Å². The third kappa shape index (κ3) is 15.5. The highest BCUT2D eigenvalue weighted by Gasteiger charge is 2.03. The Morgan fingerprint density at radius 3 is 1.97 bits per heavy atom. The van der Waals surface area contributed by atoms with Crippen molar-refractivity contribution in [3.05, 3.63) is 29.8 Å². The fourth-order valence-electron chi connectivity index (χ4n) is 3.12. The molecule has 32 heavy (non-hydrogen) atoms. The molecule has 0 spiro atoms. The molecule has 0 aliphatic rings. The first-order valence-corrected chi connectivity index (χ1v) is 11.6. The molecule has 0 aliphatic carbocycles. The van der Waals surface area contributed by atoms with E-state index in [1.165, 1.54) is 13.3 Å². The van der Waals surface area contributed by atoms with Crippen LogP contribution < -0.4 is 4.74 Å². The molecule has 0 atom stereocenters. The Morgan fingerprint density at radius 1 is 0.719 bits per heavy atom. The molecule has 1 aromatic carbocycles. The third-order valence-electron chi connectivity index (χ3n) is 4.89. The Balaban J connectivity index is 1.83. The summed E-state index contributed by atoms with van der Waals surface area (Å²) in [7, 11) is 0. The highest BCUT2D eigenvalue weighted by molar-refractivity contribution is 5.87. The van der Waals surface area contributed by atoms with Crippen LogP contribution in [0.5, 0.6) is 5.75 Å². The van der Waals surface area contributed by atoms with Gasteiger partial charge in [-0.15, -0.1) is 0 Å². The van der Waals surface area contributed by atoms with E-state index in [4.69, 9.17) is 19.3 Å². The zero-order valence-corrected chi connectivity index (χ0v) is 19.3. The number of unbranched alkanes of at least 4 members (excludes halogenated alkanes) is 6. The van der Waals surface area contributed by atoms with Crippen molar-refractivity contribution in [2.45, 2.75) is 71.1 Å². The lowest BCUT2D eigenvalue weighted by Crippen LogP contribution is -2.10. The van der Waals surface area contributed by atoms with Gasteiger partial charge in [0.05, 0.1) is 25.4 Å². The third-order valence-corrected chi connectivity index (χ3v) is 4.89. The summed E-state index contributed by atoms with van der Waals surface area (Å²) in [4.78, 5) is 33.4. The molecule has 0 amide bonds. The molecule has 0 heterocycles. The zero-order chi connectivity index (χ0) is 23.4. The largest absolute Gasteiger partial charge is 0.494 e. The van der Waals surface area contributed by atoms with E-state index < -0.39 is 5.97 Å². The van der Waals surface area contributed by atoms with E-state index in [2.05, 4.69) is 0 Å². The normalized spacial score (nSPS) is 10.8. The number of carboxylic acid groups (broad SMARTS) is 1. The van der Waals surface area contributed by atoms with Gasteiger partial charge in [0.25, 0.3) is 0 Å². The molecule has 180 valence electrons. The van der Waals surface area contributed by atoms with Crippen LogP contribution in [0.15, 0.2) is 24.3 Å². The maximum atomic E-state index is 11.9. The van der Waals surface area contributed by atoms with E-state index in [1.54, 1.807) is 24.3 Å². The number of ether oxygens (including phenoxy) is 3. The summed E-state index contributed by atoms with van der Waals surface area (Å²) in [6, 6.07) is 6.47. The van der Waals surface area contributed by atoms with Crippen LogP contribution in [0, 0.1) is 0 Å². The van der Waals surface area contributed by atoms with Crippen LogP contribution in [0.3, 0.4) is 0 Å². The van der Waals surface area contributed by atoms with Crippen molar-refractivity contribution in [1.29, 1.82) is 0 Å². The van der Waals surface area contributed by atoms with Crippen LogP contribution in [0.2, 0.25) is 0 Å². The van der Waals surface area contributed by atoms with Gasteiger partial charge >= 0.3 is 5.97 Å². The van der Waals surface area contributed by atoms with E-state index in [1.807, 2.05) is 0 Å². The number of hydrogen-bond acceptors (Lipinski definition) is 6. The summed E-state index contributed by atoms with van der Waals surface area (Å²) in [5.41, 5.74) is 0.261. The summed E-state index contributed by atoms with van der Waals surface area (Å²) in [5, 5.41) is 8.87. The minimum Gasteiger partial charge on any atom is -0.494 e. The number of carbonyl (C=O) groups is 3.